The topological polar surface area (TPSA) is 70.8 Å². The molecule has 0 aromatic heterocycles. The molecule has 0 bridgehead atoms. The Bertz CT molecular complexity index is 471. The standard InChI is InChI=1S/C18H30N4O2/c1-24-17(15-19)14-18(23)20-8-5-9-21-10-12-22(13-11-21)16-6-3-2-4-7-16/h2-4,6-7,17H,5,8-15,19H2,1H3,(H,20,23). The van der Waals surface area contributed by atoms with Crippen molar-refractivity contribution in [1.82, 2.24) is 10.2 Å². The van der Waals surface area contributed by atoms with E-state index in [1.54, 1.807) is 7.11 Å². The number of hydrogen-bond donors (Lipinski definition) is 2. The maximum atomic E-state index is 11.8. The first-order chi connectivity index (χ1) is 11.7. The molecule has 6 nitrogen and oxygen atoms in total. The highest BCUT2D eigenvalue weighted by molar-refractivity contribution is 5.76. The summed E-state index contributed by atoms with van der Waals surface area (Å²) in [6, 6.07) is 10.6. The van der Waals surface area contributed by atoms with Gasteiger partial charge in [-0.3, -0.25) is 9.69 Å². The summed E-state index contributed by atoms with van der Waals surface area (Å²) in [5, 5.41) is 2.94. The van der Waals surface area contributed by atoms with Gasteiger partial charge in [-0.05, 0) is 25.1 Å². The number of hydrogen-bond acceptors (Lipinski definition) is 5. The monoisotopic (exact) mass is 334 g/mol. The SMILES string of the molecule is COC(CN)CC(=O)NCCCN1CCN(c2ccccc2)CC1. The van der Waals surface area contributed by atoms with Gasteiger partial charge in [0.05, 0.1) is 12.5 Å². The van der Waals surface area contributed by atoms with Gasteiger partial charge in [-0.15, -0.1) is 0 Å². The highest BCUT2D eigenvalue weighted by Crippen LogP contribution is 2.15. The van der Waals surface area contributed by atoms with Crippen molar-refractivity contribution in [2.24, 2.45) is 5.73 Å². The number of amides is 1. The van der Waals surface area contributed by atoms with E-state index in [0.29, 0.717) is 19.5 Å². The van der Waals surface area contributed by atoms with Crippen LogP contribution >= 0.6 is 0 Å². The molecule has 134 valence electrons. The van der Waals surface area contributed by atoms with E-state index >= 15 is 0 Å². The quantitative estimate of drug-likeness (QED) is 0.650. The van der Waals surface area contributed by atoms with Crippen molar-refractivity contribution in [2.75, 3.05) is 57.8 Å². The molecule has 1 aromatic carbocycles. The van der Waals surface area contributed by atoms with Crippen LogP contribution < -0.4 is 16.0 Å². The van der Waals surface area contributed by atoms with Crippen LogP contribution in [-0.2, 0) is 9.53 Å². The number of piperazine rings is 1. The van der Waals surface area contributed by atoms with Gasteiger partial charge >= 0.3 is 0 Å². The highest BCUT2D eigenvalue weighted by atomic mass is 16.5. The molecule has 0 aliphatic carbocycles. The lowest BCUT2D eigenvalue weighted by atomic mass is 10.2. The molecule has 2 rings (SSSR count). The van der Waals surface area contributed by atoms with Gasteiger partial charge in [0.2, 0.25) is 5.91 Å². The maximum absolute atomic E-state index is 11.8. The minimum atomic E-state index is -0.184. The Morgan fingerprint density at radius 3 is 2.58 bits per heavy atom. The molecule has 1 fully saturated rings. The van der Waals surface area contributed by atoms with E-state index < -0.39 is 0 Å². The number of anilines is 1. The largest absolute Gasteiger partial charge is 0.380 e. The Hall–Kier alpha value is -1.63. The molecule has 6 heteroatoms. The van der Waals surface area contributed by atoms with E-state index in [-0.39, 0.29) is 12.0 Å². The summed E-state index contributed by atoms with van der Waals surface area (Å²) in [5.74, 6) is 0.0150. The number of methoxy groups -OCH3 is 1. The molecule has 1 unspecified atom stereocenters. The zero-order chi connectivity index (χ0) is 17.2. The van der Waals surface area contributed by atoms with E-state index in [0.717, 1.165) is 39.1 Å². The molecule has 3 N–H and O–H groups in total. The summed E-state index contributed by atoms with van der Waals surface area (Å²) in [7, 11) is 1.58. The van der Waals surface area contributed by atoms with Crippen LogP contribution in [0.15, 0.2) is 30.3 Å². The molecule has 1 saturated heterocycles. The van der Waals surface area contributed by atoms with Crippen molar-refractivity contribution < 1.29 is 9.53 Å². The van der Waals surface area contributed by atoms with E-state index in [9.17, 15) is 4.79 Å². The molecule has 1 amide bonds. The molecule has 24 heavy (non-hydrogen) atoms. The maximum Gasteiger partial charge on any atom is 0.222 e. The van der Waals surface area contributed by atoms with Crippen molar-refractivity contribution in [3.63, 3.8) is 0 Å². The molecule has 1 aliphatic heterocycles. The van der Waals surface area contributed by atoms with Crippen LogP contribution in [0.5, 0.6) is 0 Å². The number of nitrogens with one attached hydrogen (secondary N) is 1. The second-order valence-electron chi connectivity index (χ2n) is 6.17. The van der Waals surface area contributed by atoms with Crippen LogP contribution in [0.3, 0.4) is 0 Å². The van der Waals surface area contributed by atoms with Crippen LogP contribution in [0.25, 0.3) is 0 Å². The Kier molecular flexibility index (Phi) is 8.01. The number of nitrogens with two attached hydrogens (primary N) is 1. The summed E-state index contributed by atoms with van der Waals surface area (Å²) < 4.78 is 5.12. The molecule has 0 saturated carbocycles. The number of carbonyl (C=O) groups is 1. The number of rotatable bonds is 9. The third-order valence-electron chi connectivity index (χ3n) is 4.48. The Labute approximate surface area is 144 Å². The van der Waals surface area contributed by atoms with Gasteiger partial charge in [-0.1, -0.05) is 18.2 Å². The van der Waals surface area contributed by atoms with Gasteiger partial charge in [0.15, 0.2) is 0 Å². The normalized spacial score (nSPS) is 16.8. The summed E-state index contributed by atoms with van der Waals surface area (Å²) in [6.07, 6.45) is 1.12. The number of para-hydroxylation sites is 1. The van der Waals surface area contributed by atoms with Gasteiger partial charge in [0, 0.05) is 52.1 Å². The first kappa shape index (κ1) is 18.7. The van der Waals surface area contributed by atoms with Crippen LogP contribution in [0, 0.1) is 0 Å². The fourth-order valence-electron chi connectivity index (χ4n) is 2.94. The lowest BCUT2D eigenvalue weighted by Crippen LogP contribution is -2.47. The third kappa shape index (κ3) is 6.11. The smallest absolute Gasteiger partial charge is 0.222 e. The molecule has 1 atom stereocenters. The Morgan fingerprint density at radius 1 is 1.25 bits per heavy atom. The van der Waals surface area contributed by atoms with Crippen LogP contribution in [0.1, 0.15) is 12.8 Å². The highest BCUT2D eigenvalue weighted by Gasteiger charge is 2.16. The summed E-state index contributed by atoms with van der Waals surface area (Å²) in [4.78, 5) is 16.6. The van der Waals surface area contributed by atoms with Gasteiger partial charge in [0.1, 0.15) is 0 Å². The first-order valence-corrected chi connectivity index (χ1v) is 8.75. The van der Waals surface area contributed by atoms with Crippen molar-refractivity contribution in [2.45, 2.75) is 18.9 Å². The Morgan fingerprint density at radius 2 is 1.96 bits per heavy atom. The average molecular weight is 334 g/mol. The number of benzene rings is 1. The van der Waals surface area contributed by atoms with Gasteiger partial charge in [0.25, 0.3) is 0 Å². The lowest BCUT2D eigenvalue weighted by Gasteiger charge is -2.36. The molecule has 1 aliphatic rings. The van der Waals surface area contributed by atoms with Gasteiger partial charge in [-0.2, -0.15) is 0 Å². The fraction of sp³-hybridized carbons (Fsp3) is 0.611. The van der Waals surface area contributed by atoms with E-state index in [1.807, 2.05) is 0 Å². The second kappa shape index (κ2) is 10.3. The molecular weight excluding hydrogens is 304 g/mol. The van der Waals surface area contributed by atoms with Crippen molar-refractivity contribution in [3.8, 4) is 0 Å². The minimum Gasteiger partial charge on any atom is -0.380 e. The summed E-state index contributed by atoms with van der Waals surface area (Å²) in [6.45, 7) is 6.36. The number of ether oxygens (including phenoxy) is 1. The summed E-state index contributed by atoms with van der Waals surface area (Å²) >= 11 is 0. The molecule has 0 spiro atoms. The molecular formula is C18H30N4O2. The molecule has 0 radical (unpaired) electrons. The zero-order valence-electron chi connectivity index (χ0n) is 14.6. The zero-order valence-corrected chi connectivity index (χ0v) is 14.6. The minimum absolute atomic E-state index is 0.0150. The van der Waals surface area contributed by atoms with Crippen molar-refractivity contribution in [1.29, 1.82) is 0 Å². The molecule has 1 aromatic rings. The molecule has 1 heterocycles. The lowest BCUT2D eigenvalue weighted by molar-refractivity contribution is -0.123. The van der Waals surface area contributed by atoms with E-state index in [2.05, 4.69) is 45.4 Å². The van der Waals surface area contributed by atoms with E-state index in [4.69, 9.17) is 10.5 Å². The van der Waals surface area contributed by atoms with Crippen molar-refractivity contribution in [3.05, 3.63) is 30.3 Å². The van der Waals surface area contributed by atoms with Gasteiger partial charge in [-0.25, -0.2) is 0 Å². The van der Waals surface area contributed by atoms with Crippen LogP contribution in [0.2, 0.25) is 0 Å². The van der Waals surface area contributed by atoms with E-state index in [1.165, 1.54) is 5.69 Å². The first-order valence-electron chi connectivity index (χ1n) is 8.75. The number of carbonyl (C=O) groups excluding carboxylic acids is 1. The fourth-order valence-corrected chi connectivity index (χ4v) is 2.94. The van der Waals surface area contributed by atoms with Crippen molar-refractivity contribution >= 4 is 11.6 Å². The average Bonchev–Trinajstić information content (AvgIpc) is 2.64. The second-order valence-corrected chi connectivity index (χ2v) is 6.17. The van der Waals surface area contributed by atoms with Crippen LogP contribution in [-0.4, -0.2) is 69.8 Å². The number of nitrogens with zero attached hydrogens (tertiary/aromatic N) is 2. The Balaban J connectivity index is 1.57. The predicted molar refractivity (Wildman–Crippen MR) is 97.2 cm³/mol. The predicted octanol–water partition coefficient (Wildman–Crippen LogP) is 0.679. The van der Waals surface area contributed by atoms with Gasteiger partial charge < -0.3 is 20.7 Å². The van der Waals surface area contributed by atoms with Crippen LogP contribution in [0.4, 0.5) is 5.69 Å². The third-order valence-corrected chi connectivity index (χ3v) is 4.48. The summed E-state index contributed by atoms with van der Waals surface area (Å²) in [5.41, 5.74) is 6.82.